The normalized spacial score (nSPS) is 21.7. The van der Waals surface area contributed by atoms with E-state index >= 15 is 0 Å². The number of sulfone groups is 1. The fourth-order valence-corrected chi connectivity index (χ4v) is 4.91. The first kappa shape index (κ1) is 25.8. The van der Waals surface area contributed by atoms with Crippen molar-refractivity contribution in [2.24, 2.45) is 10.9 Å². The quantitative estimate of drug-likeness (QED) is 0.255. The van der Waals surface area contributed by atoms with Gasteiger partial charge >= 0.3 is 0 Å². The molecule has 3 N–H and O–H groups in total. The summed E-state index contributed by atoms with van der Waals surface area (Å²) < 4.78 is 38.6. The van der Waals surface area contributed by atoms with Gasteiger partial charge in [0.05, 0.1) is 12.3 Å². The van der Waals surface area contributed by atoms with Crippen LogP contribution >= 0.6 is 24.0 Å². The lowest BCUT2D eigenvalue weighted by atomic mass is 9.85. The molecule has 10 heteroatoms. The molecule has 174 valence electrons. The van der Waals surface area contributed by atoms with E-state index in [-0.39, 0.29) is 59.0 Å². The molecule has 2 saturated carbocycles. The predicted molar refractivity (Wildman–Crippen MR) is 130 cm³/mol. The molecule has 0 heterocycles. The minimum absolute atomic E-state index is 0. The molecule has 3 rings (SSSR count). The van der Waals surface area contributed by atoms with Gasteiger partial charge in [-0.2, -0.15) is 0 Å². The van der Waals surface area contributed by atoms with Gasteiger partial charge in [0.15, 0.2) is 15.8 Å². The minimum atomic E-state index is -3.75. The number of hydrogen-bond acceptors (Lipinski definition) is 4. The molecule has 1 aromatic carbocycles. The van der Waals surface area contributed by atoms with Crippen LogP contribution in [0.4, 0.5) is 4.39 Å². The van der Waals surface area contributed by atoms with Crippen molar-refractivity contribution in [3.05, 3.63) is 30.1 Å². The van der Waals surface area contributed by atoms with E-state index in [0.29, 0.717) is 18.5 Å². The molecule has 0 radical (unpaired) electrons. The third kappa shape index (κ3) is 7.89. The SMILES string of the molecule is CCNC(=NCCS(=O)(=O)c1ccccc1F)NC1CCCC(C(=O)NC2CC2)C1.I. The first-order valence-corrected chi connectivity index (χ1v) is 12.4. The molecule has 0 bridgehead atoms. The number of carbonyl (C=O) groups is 1. The van der Waals surface area contributed by atoms with Crippen molar-refractivity contribution < 1.29 is 17.6 Å². The highest BCUT2D eigenvalue weighted by atomic mass is 127. The largest absolute Gasteiger partial charge is 0.357 e. The van der Waals surface area contributed by atoms with Crippen LogP contribution in [-0.2, 0) is 14.6 Å². The Morgan fingerprint density at radius 3 is 2.55 bits per heavy atom. The van der Waals surface area contributed by atoms with Gasteiger partial charge in [-0.25, -0.2) is 12.8 Å². The van der Waals surface area contributed by atoms with Crippen LogP contribution in [0.25, 0.3) is 0 Å². The van der Waals surface area contributed by atoms with Crippen LogP contribution < -0.4 is 16.0 Å². The maximum absolute atomic E-state index is 13.8. The zero-order valence-corrected chi connectivity index (χ0v) is 20.9. The number of amides is 1. The van der Waals surface area contributed by atoms with Gasteiger partial charge in [0.25, 0.3) is 0 Å². The van der Waals surface area contributed by atoms with E-state index in [4.69, 9.17) is 0 Å². The monoisotopic (exact) mass is 566 g/mol. The number of hydrogen-bond donors (Lipinski definition) is 3. The van der Waals surface area contributed by atoms with E-state index < -0.39 is 15.7 Å². The second-order valence-electron chi connectivity index (χ2n) is 8.00. The van der Waals surface area contributed by atoms with Crippen molar-refractivity contribution in [3.8, 4) is 0 Å². The van der Waals surface area contributed by atoms with Gasteiger partial charge < -0.3 is 16.0 Å². The molecule has 2 unspecified atom stereocenters. The molecule has 0 saturated heterocycles. The maximum Gasteiger partial charge on any atom is 0.223 e. The van der Waals surface area contributed by atoms with Gasteiger partial charge in [-0.15, -0.1) is 24.0 Å². The van der Waals surface area contributed by atoms with Crippen molar-refractivity contribution in [2.75, 3.05) is 18.8 Å². The van der Waals surface area contributed by atoms with Crippen LogP contribution in [0.2, 0.25) is 0 Å². The number of rotatable bonds is 8. The van der Waals surface area contributed by atoms with E-state index in [1.54, 1.807) is 0 Å². The minimum Gasteiger partial charge on any atom is -0.357 e. The van der Waals surface area contributed by atoms with Crippen molar-refractivity contribution in [1.29, 1.82) is 0 Å². The molecule has 2 aliphatic rings. The van der Waals surface area contributed by atoms with Gasteiger partial charge in [0, 0.05) is 24.5 Å². The van der Waals surface area contributed by atoms with Gasteiger partial charge in [-0.3, -0.25) is 9.79 Å². The molecule has 0 aliphatic heterocycles. The third-order valence-electron chi connectivity index (χ3n) is 5.46. The molecule has 2 aliphatic carbocycles. The number of benzene rings is 1. The lowest BCUT2D eigenvalue weighted by molar-refractivity contribution is -0.126. The Hall–Kier alpha value is -1.43. The number of aliphatic imine (C=N–C) groups is 1. The molecule has 1 amide bonds. The molecule has 0 aromatic heterocycles. The van der Waals surface area contributed by atoms with Crippen molar-refractivity contribution >= 4 is 45.7 Å². The van der Waals surface area contributed by atoms with E-state index in [0.717, 1.165) is 44.6 Å². The number of carbonyl (C=O) groups excluding carboxylic acids is 1. The second-order valence-corrected chi connectivity index (χ2v) is 10.1. The summed E-state index contributed by atoms with van der Waals surface area (Å²) in [6, 6.07) is 5.84. The van der Waals surface area contributed by atoms with E-state index in [2.05, 4.69) is 20.9 Å². The van der Waals surface area contributed by atoms with Gasteiger partial charge in [0.2, 0.25) is 5.91 Å². The average Bonchev–Trinajstić information content (AvgIpc) is 3.52. The van der Waals surface area contributed by atoms with Crippen LogP contribution in [0, 0.1) is 11.7 Å². The summed E-state index contributed by atoms with van der Waals surface area (Å²) in [7, 11) is -3.75. The summed E-state index contributed by atoms with van der Waals surface area (Å²) in [6.07, 6.45) is 5.68. The lowest BCUT2D eigenvalue weighted by Gasteiger charge is -2.30. The van der Waals surface area contributed by atoms with Crippen LogP contribution in [0.3, 0.4) is 0 Å². The van der Waals surface area contributed by atoms with Crippen molar-refractivity contribution in [1.82, 2.24) is 16.0 Å². The highest BCUT2D eigenvalue weighted by molar-refractivity contribution is 14.0. The molecular weight excluding hydrogens is 534 g/mol. The van der Waals surface area contributed by atoms with Gasteiger partial charge in [-0.05, 0) is 51.2 Å². The Kier molecular flexibility index (Phi) is 9.98. The Balaban J connectivity index is 0.00000341. The third-order valence-corrected chi connectivity index (χ3v) is 7.18. The zero-order valence-electron chi connectivity index (χ0n) is 17.8. The molecule has 31 heavy (non-hydrogen) atoms. The summed E-state index contributed by atoms with van der Waals surface area (Å²) in [5.41, 5.74) is 0. The highest BCUT2D eigenvalue weighted by Gasteiger charge is 2.31. The van der Waals surface area contributed by atoms with Crippen molar-refractivity contribution in [3.63, 3.8) is 0 Å². The molecule has 2 atom stereocenters. The summed E-state index contributed by atoms with van der Waals surface area (Å²) in [4.78, 5) is 16.4. The maximum atomic E-state index is 13.8. The fraction of sp³-hybridized carbons (Fsp3) is 0.619. The number of halogens is 2. The predicted octanol–water partition coefficient (Wildman–Crippen LogP) is 2.61. The van der Waals surface area contributed by atoms with Crippen LogP contribution in [0.5, 0.6) is 0 Å². The molecule has 2 fully saturated rings. The van der Waals surface area contributed by atoms with Crippen LogP contribution in [-0.4, -0.2) is 51.2 Å². The number of nitrogens with zero attached hydrogens (tertiary/aromatic N) is 1. The summed E-state index contributed by atoms with van der Waals surface area (Å²) in [6.45, 7) is 2.58. The summed E-state index contributed by atoms with van der Waals surface area (Å²) >= 11 is 0. The Morgan fingerprint density at radius 1 is 1.13 bits per heavy atom. The standard InChI is InChI=1S/C21H31FN4O3S.HI/c1-2-23-21(24-12-13-30(28,29)19-9-4-3-8-18(19)22)26-17-7-5-6-15(14-17)20(27)25-16-10-11-16;/h3-4,8-9,15-17H,2,5-7,10-14H2,1H3,(H,25,27)(H2,23,24,26);1H. The fourth-order valence-electron chi connectivity index (χ4n) is 3.70. The van der Waals surface area contributed by atoms with E-state index in [1.807, 2.05) is 6.92 Å². The molecular formula is C21H32FIN4O3S. The zero-order chi connectivity index (χ0) is 21.6. The Labute approximate surface area is 201 Å². The van der Waals surface area contributed by atoms with Crippen LogP contribution in [0.1, 0.15) is 45.4 Å². The van der Waals surface area contributed by atoms with E-state index in [9.17, 15) is 17.6 Å². The Morgan fingerprint density at radius 2 is 1.87 bits per heavy atom. The van der Waals surface area contributed by atoms with Crippen molar-refractivity contribution in [2.45, 2.75) is 62.4 Å². The topological polar surface area (TPSA) is 99.7 Å². The number of nitrogens with one attached hydrogen (secondary N) is 3. The van der Waals surface area contributed by atoms with Gasteiger partial charge in [0.1, 0.15) is 10.7 Å². The smallest absolute Gasteiger partial charge is 0.223 e. The lowest BCUT2D eigenvalue weighted by Crippen LogP contribution is -2.47. The van der Waals surface area contributed by atoms with Gasteiger partial charge in [-0.1, -0.05) is 18.6 Å². The van der Waals surface area contributed by atoms with Crippen LogP contribution in [0.15, 0.2) is 34.2 Å². The summed E-state index contributed by atoms with van der Waals surface area (Å²) in [5.74, 6) is -0.358. The molecule has 1 aromatic rings. The highest BCUT2D eigenvalue weighted by Crippen LogP contribution is 2.26. The number of guanidine groups is 1. The van der Waals surface area contributed by atoms with E-state index in [1.165, 1.54) is 18.2 Å². The Bertz CT molecular complexity index is 877. The first-order valence-electron chi connectivity index (χ1n) is 10.7. The average molecular weight is 566 g/mol. The molecule has 0 spiro atoms. The summed E-state index contributed by atoms with van der Waals surface area (Å²) in [5, 5.41) is 9.54. The molecule has 7 nitrogen and oxygen atoms in total. The first-order chi connectivity index (χ1) is 14.4. The second kappa shape index (κ2) is 12.0.